The van der Waals surface area contributed by atoms with Crippen molar-refractivity contribution in [3.63, 3.8) is 0 Å². The molecule has 146 valence electrons. The number of rotatable bonds is 5. The fourth-order valence-electron chi connectivity index (χ4n) is 3.31. The zero-order valence-corrected chi connectivity index (χ0v) is 16.6. The number of nitrogens with zero attached hydrogens (tertiary/aromatic N) is 3. The maximum Gasteiger partial charge on any atom is 0.267 e. The fourth-order valence-corrected chi connectivity index (χ4v) is 3.31. The molecule has 0 saturated heterocycles. The molecule has 0 unspecified atom stereocenters. The summed E-state index contributed by atoms with van der Waals surface area (Å²) in [4.78, 5) is 12.7. The van der Waals surface area contributed by atoms with E-state index >= 15 is 0 Å². The summed E-state index contributed by atoms with van der Waals surface area (Å²) in [6.07, 6.45) is 2.59. The van der Waals surface area contributed by atoms with Crippen LogP contribution < -0.4 is 5.32 Å². The Bertz CT molecular complexity index is 1130. The molecule has 6 nitrogen and oxygen atoms in total. The van der Waals surface area contributed by atoms with Crippen LogP contribution in [0.15, 0.2) is 52.5 Å². The van der Waals surface area contributed by atoms with Gasteiger partial charge in [-0.15, -0.1) is 0 Å². The van der Waals surface area contributed by atoms with Gasteiger partial charge in [-0.3, -0.25) is 4.79 Å². The Morgan fingerprint density at radius 1 is 1.28 bits per heavy atom. The van der Waals surface area contributed by atoms with Gasteiger partial charge in [-0.25, -0.2) is 4.68 Å². The first-order valence-electron chi connectivity index (χ1n) is 9.61. The number of carbonyl (C=O) groups is 1. The average Bonchev–Trinajstić information content (AvgIpc) is 3.09. The first-order chi connectivity index (χ1) is 13.9. The minimum Gasteiger partial charge on any atom is -0.461 e. The molecule has 2 aromatic heterocycles. The first kappa shape index (κ1) is 18.8. The molecule has 1 amide bonds. The molecule has 1 aliphatic carbocycles. The van der Waals surface area contributed by atoms with Crippen LogP contribution in [0.25, 0.3) is 11.8 Å². The van der Waals surface area contributed by atoms with Gasteiger partial charge in [0.15, 0.2) is 0 Å². The van der Waals surface area contributed by atoms with E-state index in [1.165, 1.54) is 6.08 Å². The SMILES string of the molecule is Cc1ccc(-n2nc(C)cc2NC(=O)/C(C#N)=C/c2ccc([C@H]3C[C@H]3C)o2)cc1. The highest BCUT2D eigenvalue weighted by molar-refractivity contribution is 6.09. The number of aryl methyl sites for hydroxylation is 2. The van der Waals surface area contributed by atoms with Gasteiger partial charge in [0.2, 0.25) is 0 Å². The van der Waals surface area contributed by atoms with E-state index in [9.17, 15) is 10.1 Å². The molecule has 1 aromatic carbocycles. The summed E-state index contributed by atoms with van der Waals surface area (Å²) >= 11 is 0. The monoisotopic (exact) mass is 386 g/mol. The molecule has 2 atom stereocenters. The molecule has 29 heavy (non-hydrogen) atoms. The Morgan fingerprint density at radius 3 is 2.66 bits per heavy atom. The van der Waals surface area contributed by atoms with Gasteiger partial charge in [-0.1, -0.05) is 24.6 Å². The van der Waals surface area contributed by atoms with Crippen molar-refractivity contribution in [2.24, 2.45) is 5.92 Å². The minimum atomic E-state index is -0.501. The quantitative estimate of drug-likeness (QED) is 0.506. The molecule has 1 N–H and O–H groups in total. The zero-order valence-electron chi connectivity index (χ0n) is 16.6. The summed E-state index contributed by atoms with van der Waals surface area (Å²) in [6, 6.07) is 15.3. The summed E-state index contributed by atoms with van der Waals surface area (Å²) in [5, 5.41) is 16.7. The third kappa shape index (κ3) is 3.99. The highest BCUT2D eigenvalue weighted by atomic mass is 16.3. The third-order valence-electron chi connectivity index (χ3n) is 5.13. The van der Waals surface area contributed by atoms with Crippen molar-refractivity contribution in [3.05, 3.63) is 70.8 Å². The van der Waals surface area contributed by atoms with E-state index in [4.69, 9.17) is 4.42 Å². The molecular weight excluding hydrogens is 364 g/mol. The lowest BCUT2D eigenvalue weighted by molar-refractivity contribution is -0.112. The van der Waals surface area contributed by atoms with Gasteiger partial charge in [0.1, 0.15) is 29.0 Å². The highest BCUT2D eigenvalue weighted by Crippen LogP contribution is 2.47. The van der Waals surface area contributed by atoms with Gasteiger partial charge in [0, 0.05) is 18.1 Å². The maximum atomic E-state index is 12.7. The number of hydrogen-bond acceptors (Lipinski definition) is 4. The molecule has 0 radical (unpaired) electrons. The molecule has 0 spiro atoms. The van der Waals surface area contributed by atoms with E-state index in [0.717, 1.165) is 29.1 Å². The number of aromatic nitrogens is 2. The van der Waals surface area contributed by atoms with E-state index in [-0.39, 0.29) is 5.57 Å². The Labute approximate surface area is 169 Å². The van der Waals surface area contributed by atoms with Crippen LogP contribution in [-0.2, 0) is 4.79 Å². The number of furan rings is 1. The number of anilines is 1. The van der Waals surface area contributed by atoms with Gasteiger partial charge < -0.3 is 9.73 Å². The predicted molar refractivity (Wildman–Crippen MR) is 110 cm³/mol. The van der Waals surface area contributed by atoms with Gasteiger partial charge in [0.25, 0.3) is 5.91 Å². The number of nitriles is 1. The normalized spacial score (nSPS) is 18.3. The van der Waals surface area contributed by atoms with Crippen LogP contribution in [0, 0.1) is 31.1 Å². The Morgan fingerprint density at radius 2 is 2.00 bits per heavy atom. The lowest BCUT2D eigenvalue weighted by Crippen LogP contribution is -2.16. The average molecular weight is 386 g/mol. The molecule has 1 saturated carbocycles. The standard InChI is InChI=1S/C23H22N4O2/c1-14-4-6-18(7-5-14)27-22(11-16(3)26-27)25-23(28)17(13-24)12-19-8-9-21(29-19)20-10-15(20)2/h4-9,11-12,15,20H,10H2,1-3H3,(H,25,28)/b17-12+/t15-,20+/m1/s1. The molecule has 0 bridgehead atoms. The Hall–Kier alpha value is -3.59. The van der Waals surface area contributed by atoms with E-state index in [1.54, 1.807) is 16.8 Å². The highest BCUT2D eigenvalue weighted by Gasteiger charge is 2.36. The molecule has 4 rings (SSSR count). The van der Waals surface area contributed by atoms with Crippen LogP contribution in [0.1, 0.15) is 42.0 Å². The zero-order chi connectivity index (χ0) is 20.5. The Balaban J connectivity index is 1.56. The molecule has 1 fully saturated rings. The summed E-state index contributed by atoms with van der Waals surface area (Å²) in [5.74, 6) is 2.50. The van der Waals surface area contributed by atoms with Crippen LogP contribution in [0.2, 0.25) is 0 Å². The predicted octanol–water partition coefficient (Wildman–Crippen LogP) is 4.75. The van der Waals surface area contributed by atoms with E-state index < -0.39 is 5.91 Å². The van der Waals surface area contributed by atoms with Crippen LogP contribution in [0.5, 0.6) is 0 Å². The second-order valence-corrected chi connectivity index (χ2v) is 7.60. The summed E-state index contributed by atoms with van der Waals surface area (Å²) in [5.41, 5.74) is 2.70. The minimum absolute atomic E-state index is 0.0240. The van der Waals surface area contributed by atoms with Gasteiger partial charge >= 0.3 is 0 Å². The van der Waals surface area contributed by atoms with Crippen LogP contribution >= 0.6 is 0 Å². The van der Waals surface area contributed by atoms with E-state index in [0.29, 0.717) is 23.4 Å². The van der Waals surface area contributed by atoms with Crippen molar-refractivity contribution < 1.29 is 9.21 Å². The number of carbonyl (C=O) groups excluding carboxylic acids is 1. The molecule has 3 aromatic rings. The van der Waals surface area contributed by atoms with E-state index in [1.807, 2.05) is 50.2 Å². The molecule has 6 heteroatoms. The number of benzene rings is 1. The summed E-state index contributed by atoms with van der Waals surface area (Å²) < 4.78 is 7.45. The molecule has 2 heterocycles. The lowest BCUT2D eigenvalue weighted by Gasteiger charge is -2.08. The van der Waals surface area contributed by atoms with Crippen LogP contribution in [0.3, 0.4) is 0 Å². The maximum absolute atomic E-state index is 12.7. The largest absolute Gasteiger partial charge is 0.461 e. The lowest BCUT2D eigenvalue weighted by atomic mass is 10.2. The number of nitrogens with one attached hydrogen (secondary N) is 1. The van der Waals surface area contributed by atoms with Gasteiger partial charge in [-0.05, 0) is 50.5 Å². The van der Waals surface area contributed by atoms with Crippen molar-refractivity contribution in [1.29, 1.82) is 5.26 Å². The fraction of sp³-hybridized carbons (Fsp3) is 0.261. The smallest absolute Gasteiger partial charge is 0.267 e. The molecular formula is C23H22N4O2. The molecule has 1 aliphatic rings. The molecule has 0 aliphatic heterocycles. The second kappa shape index (κ2) is 7.44. The van der Waals surface area contributed by atoms with Gasteiger partial charge in [0.05, 0.1) is 11.4 Å². The topological polar surface area (TPSA) is 83.9 Å². The van der Waals surface area contributed by atoms with Gasteiger partial charge in [-0.2, -0.15) is 10.4 Å². The van der Waals surface area contributed by atoms with Crippen LogP contribution in [0.4, 0.5) is 5.82 Å². The summed E-state index contributed by atoms with van der Waals surface area (Å²) in [7, 11) is 0. The third-order valence-corrected chi connectivity index (χ3v) is 5.13. The first-order valence-corrected chi connectivity index (χ1v) is 9.61. The summed E-state index contributed by atoms with van der Waals surface area (Å²) in [6.45, 7) is 6.04. The van der Waals surface area contributed by atoms with Crippen LogP contribution in [-0.4, -0.2) is 15.7 Å². The number of hydrogen-bond donors (Lipinski definition) is 1. The van der Waals surface area contributed by atoms with Crippen molar-refractivity contribution in [1.82, 2.24) is 9.78 Å². The van der Waals surface area contributed by atoms with Crippen molar-refractivity contribution in [3.8, 4) is 11.8 Å². The van der Waals surface area contributed by atoms with Crippen molar-refractivity contribution in [2.75, 3.05) is 5.32 Å². The van der Waals surface area contributed by atoms with Crippen molar-refractivity contribution in [2.45, 2.75) is 33.1 Å². The second-order valence-electron chi connectivity index (χ2n) is 7.60. The van der Waals surface area contributed by atoms with E-state index in [2.05, 4.69) is 17.3 Å². The van der Waals surface area contributed by atoms with Crippen molar-refractivity contribution >= 4 is 17.8 Å². The number of amides is 1. The Kier molecular flexibility index (Phi) is 4.81.